The summed E-state index contributed by atoms with van der Waals surface area (Å²) in [6.45, 7) is 8.47. The van der Waals surface area contributed by atoms with Crippen molar-refractivity contribution in [1.82, 2.24) is 9.78 Å². The van der Waals surface area contributed by atoms with Gasteiger partial charge in [-0.25, -0.2) is 0 Å². The lowest BCUT2D eigenvalue weighted by atomic mass is 10.1. The second-order valence-corrected chi connectivity index (χ2v) is 5.09. The van der Waals surface area contributed by atoms with Crippen LogP contribution >= 0.6 is 0 Å². The zero-order valence-electron chi connectivity index (χ0n) is 11.8. The zero-order valence-corrected chi connectivity index (χ0v) is 11.8. The SMILES string of the molecule is Cc1cc(C)cc(NC(C)c2cn(C)nc2C)c1. The van der Waals surface area contributed by atoms with Gasteiger partial charge in [0, 0.05) is 24.5 Å². The van der Waals surface area contributed by atoms with E-state index in [1.54, 1.807) is 0 Å². The Morgan fingerprint density at radius 3 is 2.22 bits per heavy atom. The predicted octanol–water partition coefficient (Wildman–Crippen LogP) is 3.52. The van der Waals surface area contributed by atoms with Crippen LogP contribution in [0.5, 0.6) is 0 Å². The van der Waals surface area contributed by atoms with Crippen molar-refractivity contribution in [3.63, 3.8) is 0 Å². The van der Waals surface area contributed by atoms with Crippen molar-refractivity contribution in [3.8, 4) is 0 Å². The molecule has 3 nitrogen and oxygen atoms in total. The standard InChI is InChI=1S/C15H21N3/c1-10-6-11(2)8-14(7-10)16-12(3)15-9-18(5)17-13(15)4/h6-9,12,16H,1-5H3. The average molecular weight is 243 g/mol. The summed E-state index contributed by atoms with van der Waals surface area (Å²) < 4.78 is 1.87. The minimum atomic E-state index is 0.264. The van der Waals surface area contributed by atoms with Crippen LogP contribution in [-0.2, 0) is 7.05 Å². The largest absolute Gasteiger partial charge is 0.378 e. The molecule has 1 aromatic carbocycles. The Kier molecular flexibility index (Phi) is 3.41. The first-order valence-electron chi connectivity index (χ1n) is 6.30. The first kappa shape index (κ1) is 12.7. The van der Waals surface area contributed by atoms with Crippen molar-refractivity contribution in [2.24, 2.45) is 7.05 Å². The van der Waals surface area contributed by atoms with Gasteiger partial charge in [0.1, 0.15) is 0 Å². The predicted molar refractivity (Wildman–Crippen MR) is 75.9 cm³/mol. The van der Waals surface area contributed by atoms with E-state index >= 15 is 0 Å². The van der Waals surface area contributed by atoms with Gasteiger partial charge in [-0.3, -0.25) is 4.68 Å². The van der Waals surface area contributed by atoms with E-state index in [4.69, 9.17) is 0 Å². The van der Waals surface area contributed by atoms with Crippen LogP contribution in [0.2, 0.25) is 0 Å². The summed E-state index contributed by atoms with van der Waals surface area (Å²) in [6, 6.07) is 6.80. The van der Waals surface area contributed by atoms with Crippen LogP contribution in [0.1, 0.15) is 35.3 Å². The van der Waals surface area contributed by atoms with Crippen LogP contribution in [0.3, 0.4) is 0 Å². The van der Waals surface area contributed by atoms with Gasteiger partial charge < -0.3 is 5.32 Å². The van der Waals surface area contributed by atoms with Gasteiger partial charge in [-0.15, -0.1) is 0 Å². The van der Waals surface area contributed by atoms with Gasteiger partial charge in [0.25, 0.3) is 0 Å². The monoisotopic (exact) mass is 243 g/mol. The third-order valence-corrected chi connectivity index (χ3v) is 3.12. The maximum absolute atomic E-state index is 4.39. The minimum Gasteiger partial charge on any atom is -0.378 e. The molecule has 1 N–H and O–H groups in total. The number of rotatable bonds is 3. The Morgan fingerprint density at radius 2 is 1.72 bits per heavy atom. The topological polar surface area (TPSA) is 29.9 Å². The molecular formula is C15H21N3. The van der Waals surface area contributed by atoms with Crippen LogP contribution in [0.25, 0.3) is 0 Å². The van der Waals surface area contributed by atoms with Crippen LogP contribution in [0, 0.1) is 20.8 Å². The van der Waals surface area contributed by atoms with Gasteiger partial charge in [0.15, 0.2) is 0 Å². The molecule has 0 aliphatic rings. The summed E-state index contributed by atoms with van der Waals surface area (Å²) in [5.74, 6) is 0. The molecule has 2 rings (SSSR count). The van der Waals surface area contributed by atoms with Gasteiger partial charge in [0.2, 0.25) is 0 Å². The summed E-state index contributed by atoms with van der Waals surface area (Å²) in [4.78, 5) is 0. The number of hydrogen-bond donors (Lipinski definition) is 1. The average Bonchev–Trinajstić information content (AvgIpc) is 2.56. The lowest BCUT2D eigenvalue weighted by Crippen LogP contribution is -2.07. The van der Waals surface area contributed by atoms with E-state index in [-0.39, 0.29) is 6.04 Å². The van der Waals surface area contributed by atoms with Crippen LogP contribution in [0.4, 0.5) is 5.69 Å². The fraction of sp³-hybridized carbons (Fsp3) is 0.400. The number of hydrogen-bond acceptors (Lipinski definition) is 2. The third kappa shape index (κ3) is 2.73. The van der Waals surface area contributed by atoms with Crippen molar-refractivity contribution in [3.05, 3.63) is 46.8 Å². The zero-order chi connectivity index (χ0) is 13.3. The normalized spacial score (nSPS) is 12.5. The van der Waals surface area contributed by atoms with Crippen molar-refractivity contribution < 1.29 is 0 Å². The fourth-order valence-electron chi connectivity index (χ4n) is 2.43. The van der Waals surface area contributed by atoms with Crippen molar-refractivity contribution in [2.45, 2.75) is 33.7 Å². The first-order valence-corrected chi connectivity index (χ1v) is 6.30. The molecule has 1 unspecified atom stereocenters. The van der Waals surface area contributed by atoms with Crippen LogP contribution in [-0.4, -0.2) is 9.78 Å². The van der Waals surface area contributed by atoms with E-state index in [0.717, 1.165) is 5.69 Å². The quantitative estimate of drug-likeness (QED) is 0.894. The Balaban J connectivity index is 2.20. The summed E-state index contributed by atoms with van der Waals surface area (Å²) >= 11 is 0. The van der Waals surface area contributed by atoms with E-state index in [1.165, 1.54) is 22.4 Å². The highest BCUT2D eigenvalue weighted by atomic mass is 15.3. The Labute approximate surface area is 109 Å². The molecule has 0 bridgehead atoms. The highest BCUT2D eigenvalue weighted by Crippen LogP contribution is 2.22. The molecule has 1 aromatic heterocycles. The molecule has 1 heterocycles. The molecule has 0 aliphatic carbocycles. The number of anilines is 1. The highest BCUT2D eigenvalue weighted by molar-refractivity contribution is 5.50. The molecule has 3 heteroatoms. The second-order valence-electron chi connectivity index (χ2n) is 5.09. The van der Waals surface area contributed by atoms with Gasteiger partial charge in [-0.2, -0.15) is 5.10 Å². The molecule has 0 spiro atoms. The summed E-state index contributed by atoms with van der Waals surface area (Å²) in [7, 11) is 1.96. The highest BCUT2D eigenvalue weighted by Gasteiger charge is 2.11. The maximum Gasteiger partial charge on any atom is 0.0646 e. The van der Waals surface area contributed by atoms with E-state index in [9.17, 15) is 0 Å². The fourth-order valence-corrected chi connectivity index (χ4v) is 2.43. The van der Waals surface area contributed by atoms with Gasteiger partial charge in [-0.1, -0.05) is 6.07 Å². The molecule has 0 aliphatic heterocycles. The summed E-state index contributed by atoms with van der Waals surface area (Å²) in [6.07, 6.45) is 2.08. The molecule has 1 atom stereocenters. The van der Waals surface area contributed by atoms with Crippen LogP contribution in [0.15, 0.2) is 24.4 Å². The van der Waals surface area contributed by atoms with Crippen LogP contribution < -0.4 is 5.32 Å². The Bertz CT molecular complexity index is 535. The second kappa shape index (κ2) is 4.84. The lowest BCUT2D eigenvalue weighted by molar-refractivity contribution is 0.756. The number of aromatic nitrogens is 2. The molecule has 0 fully saturated rings. The molecule has 96 valence electrons. The van der Waals surface area contributed by atoms with E-state index in [1.807, 2.05) is 11.7 Å². The molecule has 18 heavy (non-hydrogen) atoms. The maximum atomic E-state index is 4.39. The molecule has 0 saturated heterocycles. The third-order valence-electron chi connectivity index (χ3n) is 3.12. The number of nitrogens with one attached hydrogen (secondary N) is 1. The lowest BCUT2D eigenvalue weighted by Gasteiger charge is -2.15. The van der Waals surface area contributed by atoms with Crippen molar-refractivity contribution >= 4 is 5.69 Å². The minimum absolute atomic E-state index is 0.264. The number of nitrogens with zero attached hydrogens (tertiary/aromatic N) is 2. The van der Waals surface area contributed by atoms with Gasteiger partial charge >= 0.3 is 0 Å². The number of benzene rings is 1. The molecular weight excluding hydrogens is 222 g/mol. The molecule has 0 amide bonds. The van der Waals surface area contributed by atoms with E-state index < -0.39 is 0 Å². The van der Waals surface area contributed by atoms with Gasteiger partial charge in [0.05, 0.1) is 11.7 Å². The van der Waals surface area contributed by atoms with E-state index in [2.05, 4.69) is 62.5 Å². The Hall–Kier alpha value is -1.77. The number of aryl methyl sites for hydroxylation is 4. The smallest absolute Gasteiger partial charge is 0.0646 e. The summed E-state index contributed by atoms with van der Waals surface area (Å²) in [5, 5.41) is 7.93. The van der Waals surface area contributed by atoms with E-state index in [0.29, 0.717) is 0 Å². The first-order chi connectivity index (χ1) is 8.45. The molecule has 2 aromatic rings. The Morgan fingerprint density at radius 1 is 1.11 bits per heavy atom. The van der Waals surface area contributed by atoms with Gasteiger partial charge in [-0.05, 0) is 51.0 Å². The molecule has 0 saturated carbocycles. The molecule has 0 radical (unpaired) electrons. The van der Waals surface area contributed by atoms with Crippen molar-refractivity contribution in [1.29, 1.82) is 0 Å². The van der Waals surface area contributed by atoms with Crippen molar-refractivity contribution in [2.75, 3.05) is 5.32 Å². The summed E-state index contributed by atoms with van der Waals surface area (Å²) in [5.41, 5.74) is 6.07.